The van der Waals surface area contributed by atoms with E-state index in [-0.39, 0.29) is 11.5 Å². The van der Waals surface area contributed by atoms with Crippen molar-refractivity contribution in [1.29, 1.82) is 0 Å². The number of nitrogens with zero attached hydrogens (tertiary/aromatic N) is 2. The lowest BCUT2D eigenvalue weighted by molar-refractivity contribution is -0.155. The molecule has 0 fully saturated rings. The van der Waals surface area contributed by atoms with E-state index in [0.29, 0.717) is 0 Å². The summed E-state index contributed by atoms with van der Waals surface area (Å²) < 4.78 is 0. The van der Waals surface area contributed by atoms with Crippen LogP contribution in [0.5, 0.6) is 0 Å². The number of carboxylic acid groups (broad SMARTS) is 1. The topological polar surface area (TPSA) is 138 Å². The quantitative estimate of drug-likeness (QED) is 0.509. The number of hydrogen-bond acceptors (Lipinski definition) is 6. The highest BCUT2D eigenvalue weighted by Gasteiger charge is 2.30. The molecular formula is C9H12N4O4. The number of aliphatic carboxylic acids is 1. The van der Waals surface area contributed by atoms with Crippen LogP contribution in [0.2, 0.25) is 0 Å². The van der Waals surface area contributed by atoms with Crippen LogP contribution in [-0.4, -0.2) is 44.2 Å². The number of nitrogens with two attached hydrogens (primary N) is 1. The smallest absolute Gasteiger partial charge is 0.337 e. The number of aromatic nitrogens is 2. The largest absolute Gasteiger partial charge is 0.479 e. The summed E-state index contributed by atoms with van der Waals surface area (Å²) in [6.45, 7) is 0.604. The van der Waals surface area contributed by atoms with Crippen LogP contribution >= 0.6 is 0 Å². The molecule has 1 aromatic rings. The Labute approximate surface area is 96.5 Å². The van der Waals surface area contributed by atoms with Crippen molar-refractivity contribution >= 4 is 17.7 Å². The van der Waals surface area contributed by atoms with Crippen molar-refractivity contribution in [3.8, 4) is 0 Å². The van der Waals surface area contributed by atoms with Crippen LogP contribution in [0.1, 0.15) is 17.4 Å². The molecule has 1 heterocycles. The maximum absolute atomic E-state index is 11.5. The van der Waals surface area contributed by atoms with Gasteiger partial charge in [-0.15, -0.1) is 0 Å². The second-order valence-corrected chi connectivity index (χ2v) is 3.55. The van der Waals surface area contributed by atoms with Gasteiger partial charge in [-0.05, 0) is 6.92 Å². The molecule has 0 saturated carbocycles. The highest BCUT2D eigenvalue weighted by molar-refractivity contribution is 5.96. The SMILES string of the molecule is CC(O)(CNC(=O)c1nccnc1N)C(=O)O. The van der Waals surface area contributed by atoms with E-state index in [9.17, 15) is 14.7 Å². The van der Waals surface area contributed by atoms with Gasteiger partial charge in [0.1, 0.15) is 0 Å². The standard InChI is InChI=1S/C9H12N4O4/c1-9(17,8(15)16)4-13-7(14)5-6(10)12-3-2-11-5/h2-3,17H,4H2,1H3,(H2,10,12)(H,13,14)(H,15,16). The van der Waals surface area contributed by atoms with Crippen LogP contribution in [0.3, 0.4) is 0 Å². The third kappa shape index (κ3) is 3.11. The van der Waals surface area contributed by atoms with E-state index >= 15 is 0 Å². The number of aliphatic hydroxyl groups is 1. The molecular weight excluding hydrogens is 228 g/mol. The number of carbonyl (C=O) groups is 2. The molecule has 1 unspecified atom stereocenters. The number of carbonyl (C=O) groups excluding carboxylic acids is 1. The molecule has 8 heteroatoms. The maximum Gasteiger partial charge on any atom is 0.337 e. The number of nitrogen functional groups attached to an aromatic ring is 1. The lowest BCUT2D eigenvalue weighted by Crippen LogP contribution is -2.46. The van der Waals surface area contributed by atoms with E-state index < -0.39 is 24.0 Å². The van der Waals surface area contributed by atoms with Gasteiger partial charge in [-0.25, -0.2) is 14.8 Å². The molecule has 0 aliphatic rings. The molecule has 0 aromatic carbocycles. The summed E-state index contributed by atoms with van der Waals surface area (Å²) in [5, 5.41) is 20.2. The molecule has 92 valence electrons. The molecule has 0 aliphatic carbocycles. The fraction of sp³-hybridized carbons (Fsp3) is 0.333. The predicted molar refractivity (Wildman–Crippen MR) is 57.0 cm³/mol. The number of hydrogen-bond donors (Lipinski definition) is 4. The average molecular weight is 240 g/mol. The Kier molecular flexibility index (Phi) is 3.59. The number of amides is 1. The van der Waals surface area contributed by atoms with Gasteiger partial charge in [-0.3, -0.25) is 4.79 Å². The highest BCUT2D eigenvalue weighted by Crippen LogP contribution is 2.05. The van der Waals surface area contributed by atoms with Gasteiger partial charge in [0.15, 0.2) is 17.1 Å². The van der Waals surface area contributed by atoms with Gasteiger partial charge in [0, 0.05) is 12.4 Å². The summed E-state index contributed by atoms with van der Waals surface area (Å²) in [6, 6.07) is 0. The molecule has 0 bridgehead atoms. The van der Waals surface area contributed by atoms with E-state index in [1.54, 1.807) is 0 Å². The first-order chi connectivity index (χ1) is 7.84. The monoisotopic (exact) mass is 240 g/mol. The molecule has 0 radical (unpaired) electrons. The molecule has 1 atom stereocenters. The summed E-state index contributed by atoms with van der Waals surface area (Å²) in [4.78, 5) is 29.5. The summed E-state index contributed by atoms with van der Waals surface area (Å²) in [5.74, 6) is -2.21. The Bertz CT molecular complexity index is 446. The summed E-state index contributed by atoms with van der Waals surface area (Å²) in [5.41, 5.74) is 3.24. The molecule has 0 spiro atoms. The number of anilines is 1. The van der Waals surface area contributed by atoms with Crippen molar-refractivity contribution < 1.29 is 19.8 Å². The Hall–Kier alpha value is -2.22. The molecule has 1 aromatic heterocycles. The summed E-state index contributed by atoms with van der Waals surface area (Å²) >= 11 is 0. The Morgan fingerprint density at radius 2 is 2.06 bits per heavy atom. The van der Waals surface area contributed by atoms with Crippen LogP contribution in [0, 0.1) is 0 Å². The second-order valence-electron chi connectivity index (χ2n) is 3.55. The first-order valence-corrected chi connectivity index (χ1v) is 4.65. The Morgan fingerprint density at radius 3 is 2.59 bits per heavy atom. The van der Waals surface area contributed by atoms with Crippen molar-refractivity contribution in [2.24, 2.45) is 0 Å². The zero-order chi connectivity index (χ0) is 13.1. The minimum Gasteiger partial charge on any atom is -0.479 e. The lowest BCUT2D eigenvalue weighted by atomic mass is 10.1. The maximum atomic E-state index is 11.5. The van der Waals surface area contributed by atoms with Crippen LogP contribution < -0.4 is 11.1 Å². The molecule has 17 heavy (non-hydrogen) atoms. The summed E-state index contributed by atoms with van der Waals surface area (Å²) in [7, 11) is 0. The molecule has 1 rings (SSSR count). The van der Waals surface area contributed by atoms with Gasteiger partial charge in [-0.1, -0.05) is 0 Å². The first-order valence-electron chi connectivity index (χ1n) is 4.65. The number of rotatable bonds is 4. The van der Waals surface area contributed by atoms with Crippen molar-refractivity contribution in [1.82, 2.24) is 15.3 Å². The van der Waals surface area contributed by atoms with Crippen molar-refractivity contribution in [2.75, 3.05) is 12.3 Å². The Balaban J connectivity index is 2.69. The third-order valence-electron chi connectivity index (χ3n) is 2.00. The fourth-order valence-electron chi connectivity index (χ4n) is 0.935. The first kappa shape index (κ1) is 12.8. The average Bonchev–Trinajstić information content (AvgIpc) is 2.26. The van der Waals surface area contributed by atoms with Gasteiger partial charge < -0.3 is 21.3 Å². The normalized spacial score (nSPS) is 13.8. The molecule has 1 amide bonds. The van der Waals surface area contributed by atoms with Crippen molar-refractivity contribution in [3.63, 3.8) is 0 Å². The van der Waals surface area contributed by atoms with Gasteiger partial charge in [0.25, 0.3) is 5.91 Å². The van der Waals surface area contributed by atoms with Crippen LogP contribution in [0.15, 0.2) is 12.4 Å². The second kappa shape index (κ2) is 4.74. The van der Waals surface area contributed by atoms with Gasteiger partial charge >= 0.3 is 5.97 Å². The van der Waals surface area contributed by atoms with E-state index in [4.69, 9.17) is 10.8 Å². The van der Waals surface area contributed by atoms with Crippen LogP contribution in [0.25, 0.3) is 0 Å². The predicted octanol–water partition coefficient (Wildman–Crippen LogP) is -1.38. The van der Waals surface area contributed by atoms with Crippen LogP contribution in [-0.2, 0) is 4.79 Å². The van der Waals surface area contributed by atoms with Crippen molar-refractivity contribution in [3.05, 3.63) is 18.1 Å². The minimum absolute atomic E-state index is 0.0695. The van der Waals surface area contributed by atoms with Crippen molar-refractivity contribution in [2.45, 2.75) is 12.5 Å². The van der Waals surface area contributed by atoms with Gasteiger partial charge in [0.2, 0.25) is 0 Å². The molecule has 0 aliphatic heterocycles. The summed E-state index contributed by atoms with van der Waals surface area (Å²) in [6.07, 6.45) is 2.60. The third-order valence-corrected chi connectivity index (χ3v) is 2.00. The van der Waals surface area contributed by atoms with E-state index in [0.717, 1.165) is 6.92 Å². The van der Waals surface area contributed by atoms with Gasteiger partial charge in [0.05, 0.1) is 6.54 Å². The number of carboxylic acids is 1. The minimum atomic E-state index is -2.05. The van der Waals surface area contributed by atoms with Crippen LogP contribution in [0.4, 0.5) is 5.82 Å². The van der Waals surface area contributed by atoms with E-state index in [2.05, 4.69) is 15.3 Å². The van der Waals surface area contributed by atoms with Gasteiger partial charge in [-0.2, -0.15) is 0 Å². The zero-order valence-corrected chi connectivity index (χ0v) is 9.04. The lowest BCUT2D eigenvalue weighted by Gasteiger charge is -2.18. The fourth-order valence-corrected chi connectivity index (χ4v) is 0.935. The molecule has 8 nitrogen and oxygen atoms in total. The molecule has 5 N–H and O–H groups in total. The molecule has 0 saturated heterocycles. The highest BCUT2D eigenvalue weighted by atomic mass is 16.4. The Morgan fingerprint density at radius 1 is 1.47 bits per heavy atom. The van der Waals surface area contributed by atoms with E-state index in [1.807, 2.05) is 0 Å². The number of nitrogens with one attached hydrogen (secondary N) is 1. The van der Waals surface area contributed by atoms with E-state index in [1.165, 1.54) is 12.4 Å². The zero-order valence-electron chi connectivity index (χ0n) is 9.04.